The molecule has 2 aliphatic heterocycles. The molecule has 31 heavy (non-hydrogen) atoms. The number of carbonyl (C=O) groups is 1. The Morgan fingerprint density at radius 3 is 2.55 bits per heavy atom. The fourth-order valence-corrected chi connectivity index (χ4v) is 5.79. The minimum atomic E-state index is -3.76. The Labute approximate surface area is 187 Å². The number of benzene rings is 1. The molecule has 12 heteroatoms. The Balaban J connectivity index is 1.20. The van der Waals surface area contributed by atoms with E-state index in [1.54, 1.807) is 18.3 Å². The van der Waals surface area contributed by atoms with Gasteiger partial charge >= 0.3 is 0 Å². The summed E-state index contributed by atoms with van der Waals surface area (Å²) in [6, 6.07) is 8.60. The van der Waals surface area contributed by atoms with Gasteiger partial charge in [-0.25, -0.2) is 18.0 Å². The van der Waals surface area contributed by atoms with Gasteiger partial charge in [0.15, 0.2) is 5.52 Å². The number of piperazine rings is 1. The van der Waals surface area contributed by atoms with E-state index in [1.165, 1.54) is 10.4 Å². The third-order valence-corrected chi connectivity index (χ3v) is 8.02. The highest BCUT2D eigenvalue weighted by Gasteiger charge is 2.43. The van der Waals surface area contributed by atoms with Gasteiger partial charge < -0.3 is 9.80 Å². The first-order valence-corrected chi connectivity index (χ1v) is 12.0. The number of halogens is 1. The van der Waals surface area contributed by atoms with Gasteiger partial charge in [0.1, 0.15) is 16.2 Å². The molecule has 4 heterocycles. The predicted molar refractivity (Wildman–Crippen MR) is 115 cm³/mol. The summed E-state index contributed by atoms with van der Waals surface area (Å²) in [4.78, 5) is 21.3. The molecule has 0 aliphatic carbocycles. The van der Waals surface area contributed by atoms with Gasteiger partial charge in [0, 0.05) is 49.9 Å². The summed E-state index contributed by atoms with van der Waals surface area (Å²) in [5.74, 6) is 0.547. The van der Waals surface area contributed by atoms with Gasteiger partial charge in [-0.2, -0.15) is 4.31 Å². The maximum absolute atomic E-state index is 13.0. The van der Waals surface area contributed by atoms with Crippen LogP contribution in [0.2, 0.25) is 0 Å². The summed E-state index contributed by atoms with van der Waals surface area (Å²) in [5.41, 5.74) is 0.585. The number of anilines is 1. The number of amides is 1. The van der Waals surface area contributed by atoms with Crippen LogP contribution < -0.4 is 4.90 Å². The molecule has 0 unspecified atom stereocenters. The summed E-state index contributed by atoms with van der Waals surface area (Å²) < 4.78 is 32.8. The first-order chi connectivity index (χ1) is 14.9. The molecule has 0 atom stereocenters. The maximum Gasteiger partial charge on any atom is 0.245 e. The van der Waals surface area contributed by atoms with Gasteiger partial charge in [-0.3, -0.25) is 4.79 Å². The summed E-state index contributed by atoms with van der Waals surface area (Å²) in [7, 11) is -3.76. The number of pyridine rings is 1. The van der Waals surface area contributed by atoms with E-state index in [0.717, 1.165) is 10.3 Å². The van der Waals surface area contributed by atoms with E-state index in [4.69, 9.17) is 0 Å². The second kappa shape index (κ2) is 7.84. The fraction of sp³-hybridized carbons (Fsp3) is 0.368. The van der Waals surface area contributed by atoms with Gasteiger partial charge in [0.25, 0.3) is 0 Å². The third kappa shape index (κ3) is 3.68. The van der Waals surface area contributed by atoms with Crippen LogP contribution in [-0.4, -0.2) is 78.1 Å². The Bertz CT molecular complexity index is 1220. The highest BCUT2D eigenvalue weighted by Crippen LogP contribution is 2.30. The van der Waals surface area contributed by atoms with Crippen LogP contribution in [0.5, 0.6) is 0 Å². The average Bonchev–Trinajstić information content (AvgIpc) is 3.22. The molecule has 2 aromatic heterocycles. The van der Waals surface area contributed by atoms with Crippen LogP contribution >= 0.6 is 15.9 Å². The molecule has 0 N–H and O–H groups in total. The van der Waals surface area contributed by atoms with E-state index in [-0.39, 0.29) is 35.3 Å². The van der Waals surface area contributed by atoms with Crippen molar-refractivity contribution in [3.63, 3.8) is 0 Å². The number of fused-ring (bicyclic) bond motifs is 1. The number of aromatic nitrogens is 3. The smallest absolute Gasteiger partial charge is 0.245 e. The van der Waals surface area contributed by atoms with Gasteiger partial charge in [-0.05, 0) is 50.5 Å². The highest BCUT2D eigenvalue weighted by molar-refractivity contribution is 9.10. The molecule has 10 nitrogen and oxygen atoms in total. The van der Waals surface area contributed by atoms with Crippen molar-refractivity contribution in [2.24, 2.45) is 5.92 Å². The van der Waals surface area contributed by atoms with Crippen LogP contribution in [0.4, 0.5) is 5.82 Å². The maximum atomic E-state index is 13.0. The molecule has 1 aromatic carbocycles. The Hall–Kier alpha value is -2.57. The van der Waals surface area contributed by atoms with Crippen molar-refractivity contribution in [3.05, 3.63) is 41.0 Å². The summed E-state index contributed by atoms with van der Waals surface area (Å²) in [6.07, 6.45) is 1.76. The van der Waals surface area contributed by atoms with E-state index in [9.17, 15) is 13.2 Å². The molecule has 0 bridgehead atoms. The van der Waals surface area contributed by atoms with E-state index >= 15 is 0 Å². The number of carbonyl (C=O) groups excluding carboxylic acids is 1. The van der Waals surface area contributed by atoms with Crippen molar-refractivity contribution in [3.8, 4) is 0 Å². The largest absolute Gasteiger partial charge is 0.353 e. The topological polar surface area (TPSA) is 113 Å². The SMILES string of the molecule is O=C(C1CN(S(=O)(=O)c2cccc3nonc23)C1)N1CCN(c2ccc(Br)cn2)CC1. The van der Waals surface area contributed by atoms with E-state index < -0.39 is 10.0 Å². The minimum Gasteiger partial charge on any atom is -0.353 e. The predicted octanol–water partition coefficient (Wildman–Crippen LogP) is 1.35. The van der Waals surface area contributed by atoms with Crippen LogP contribution in [0.1, 0.15) is 0 Å². The van der Waals surface area contributed by atoms with Crippen LogP contribution in [0.15, 0.2) is 50.5 Å². The number of sulfonamides is 1. The average molecular weight is 507 g/mol. The molecule has 0 radical (unpaired) electrons. The Kier molecular flexibility index (Phi) is 5.15. The zero-order valence-electron chi connectivity index (χ0n) is 16.4. The number of rotatable bonds is 4. The molecule has 0 spiro atoms. The van der Waals surface area contributed by atoms with Gasteiger partial charge in [0.05, 0.1) is 5.92 Å². The van der Waals surface area contributed by atoms with Crippen molar-refractivity contribution in [2.75, 3.05) is 44.2 Å². The second-order valence-electron chi connectivity index (χ2n) is 7.55. The molecular weight excluding hydrogens is 488 g/mol. The summed E-state index contributed by atoms with van der Waals surface area (Å²) in [5, 5.41) is 7.40. The molecule has 3 aromatic rings. The third-order valence-electron chi connectivity index (χ3n) is 5.69. The zero-order valence-corrected chi connectivity index (χ0v) is 18.8. The Morgan fingerprint density at radius 1 is 1.06 bits per heavy atom. The fourth-order valence-electron chi connectivity index (χ4n) is 3.89. The normalized spacial score (nSPS) is 18.4. The number of nitrogens with zero attached hydrogens (tertiary/aromatic N) is 6. The van der Waals surface area contributed by atoms with Crippen LogP contribution in [0, 0.1) is 5.92 Å². The van der Waals surface area contributed by atoms with E-state index in [0.29, 0.717) is 31.7 Å². The van der Waals surface area contributed by atoms with Crippen molar-refractivity contribution in [1.29, 1.82) is 0 Å². The first-order valence-electron chi connectivity index (χ1n) is 9.80. The molecule has 0 saturated carbocycles. The molecule has 5 rings (SSSR count). The van der Waals surface area contributed by atoms with Crippen LogP contribution in [0.3, 0.4) is 0 Å². The lowest BCUT2D eigenvalue weighted by Gasteiger charge is -2.42. The van der Waals surface area contributed by atoms with E-state index in [1.807, 2.05) is 17.0 Å². The Morgan fingerprint density at radius 2 is 1.84 bits per heavy atom. The first kappa shape index (κ1) is 20.3. The minimum absolute atomic E-state index is 0.00354. The standard InChI is InChI=1S/C19H19BrN6O4S/c20-14-4-5-17(21-10-14)24-6-8-25(9-7-24)19(27)13-11-26(12-13)31(28,29)16-3-1-2-15-18(16)23-30-22-15/h1-5,10,13H,6-9,11-12H2. The molecule has 2 saturated heterocycles. The van der Waals surface area contributed by atoms with Crippen LogP contribution in [0.25, 0.3) is 11.0 Å². The van der Waals surface area contributed by atoms with Gasteiger partial charge in [-0.15, -0.1) is 0 Å². The molecule has 1 amide bonds. The number of hydrogen-bond acceptors (Lipinski definition) is 8. The lowest BCUT2D eigenvalue weighted by Crippen LogP contribution is -2.59. The van der Waals surface area contributed by atoms with Crippen molar-refractivity contribution in [1.82, 2.24) is 24.5 Å². The summed E-state index contributed by atoms with van der Waals surface area (Å²) in [6.45, 7) is 2.88. The van der Waals surface area contributed by atoms with Crippen molar-refractivity contribution >= 4 is 48.7 Å². The summed E-state index contributed by atoms with van der Waals surface area (Å²) >= 11 is 3.38. The molecule has 2 fully saturated rings. The van der Waals surface area contributed by atoms with E-state index in [2.05, 4.69) is 40.8 Å². The highest BCUT2D eigenvalue weighted by atomic mass is 79.9. The lowest BCUT2D eigenvalue weighted by atomic mass is 10.0. The lowest BCUT2D eigenvalue weighted by molar-refractivity contribution is -0.139. The van der Waals surface area contributed by atoms with Crippen molar-refractivity contribution in [2.45, 2.75) is 4.90 Å². The quantitative estimate of drug-likeness (QED) is 0.520. The number of hydrogen-bond donors (Lipinski definition) is 0. The monoisotopic (exact) mass is 506 g/mol. The van der Waals surface area contributed by atoms with Gasteiger partial charge in [-0.1, -0.05) is 6.07 Å². The van der Waals surface area contributed by atoms with Crippen LogP contribution in [-0.2, 0) is 14.8 Å². The zero-order chi connectivity index (χ0) is 21.6. The molecule has 162 valence electrons. The van der Waals surface area contributed by atoms with Gasteiger partial charge in [0.2, 0.25) is 15.9 Å². The second-order valence-corrected chi connectivity index (χ2v) is 10.4. The molecular formula is C19H19BrN6O4S. The van der Waals surface area contributed by atoms with Crippen molar-refractivity contribution < 1.29 is 17.8 Å². The molecule has 2 aliphatic rings.